The minimum absolute atomic E-state index is 0. The maximum absolute atomic E-state index is 9.75. The van der Waals surface area contributed by atoms with Crippen LogP contribution in [0, 0.1) is 0 Å². The first-order valence-electron chi connectivity index (χ1n) is 4.62. The number of hydrogen-bond donors (Lipinski definition) is 0. The normalized spacial score (nSPS) is 9.50. The zero-order chi connectivity index (χ0) is 17.7. The van der Waals surface area contributed by atoms with Gasteiger partial charge in [0.25, 0.3) is 0 Å². The molecule has 0 aromatic heterocycles. The van der Waals surface area contributed by atoms with Gasteiger partial charge in [0, 0.05) is 0 Å². The molecule has 1 rings (SSSR count). The van der Waals surface area contributed by atoms with E-state index >= 15 is 0 Å². The van der Waals surface area contributed by atoms with Crippen LogP contribution in [0.3, 0.4) is 0 Å². The van der Waals surface area contributed by atoms with Crippen molar-refractivity contribution in [1.82, 2.24) is 0 Å². The van der Waals surface area contributed by atoms with Crippen molar-refractivity contribution < 1.29 is 109 Å². The average molecular weight is 480 g/mol. The van der Waals surface area contributed by atoms with Crippen LogP contribution >= 0.6 is 17.0 Å². The van der Waals surface area contributed by atoms with E-state index < -0.39 is 21.8 Å². The van der Waals surface area contributed by atoms with Gasteiger partial charge in [-0.2, -0.15) is 0 Å². The van der Waals surface area contributed by atoms with Gasteiger partial charge in [0.05, 0.1) is 0 Å². The van der Waals surface area contributed by atoms with Gasteiger partial charge in [0.1, 0.15) is 0 Å². The molecule has 0 bridgehead atoms. The summed E-state index contributed by atoms with van der Waals surface area (Å²) in [6, 6.07) is 12.0. The maximum Gasteiger partial charge on any atom is 1.00 e. The molecule has 0 saturated carbocycles. The van der Waals surface area contributed by atoms with E-state index in [4.69, 9.17) is 0 Å². The van der Waals surface area contributed by atoms with Crippen LogP contribution in [0.2, 0.25) is 0 Å². The van der Waals surface area contributed by atoms with Gasteiger partial charge in [-0.15, -0.1) is 17.0 Å². The fourth-order valence-electron chi connectivity index (χ4n) is 0.385. The van der Waals surface area contributed by atoms with E-state index in [1.807, 2.05) is 36.4 Å². The van der Waals surface area contributed by atoms with E-state index in [9.17, 15) is 51.8 Å². The Morgan fingerprint density at radius 3 is 0.500 bits per heavy atom. The Morgan fingerprint density at radius 2 is 0.458 bits per heavy atom. The van der Waals surface area contributed by atoms with Crippen LogP contribution in [0.4, 0.5) is 56.5 Å². The Labute approximate surface area is 183 Å². The van der Waals surface area contributed by atoms with Gasteiger partial charge in [0.2, 0.25) is 0 Å². The quantitative estimate of drug-likeness (QED) is 0.395. The summed E-state index contributed by atoms with van der Waals surface area (Å²) in [5.74, 6) is 0. The van der Waals surface area contributed by atoms with Crippen molar-refractivity contribution in [3.8, 4) is 0 Å². The molecule has 0 fully saturated rings. The van der Waals surface area contributed by atoms with E-state index in [1.54, 1.807) is 0 Å². The van der Waals surface area contributed by atoms with Crippen LogP contribution in [0.15, 0.2) is 36.4 Å². The molecular weight excluding hydrogens is 470 g/mol. The Kier molecular flexibility index (Phi) is 32.9. The summed E-state index contributed by atoms with van der Waals surface area (Å²) in [5, 5.41) is 0. The van der Waals surface area contributed by atoms with Gasteiger partial charge in [-0.05, 0) is 0 Å². The van der Waals surface area contributed by atoms with Gasteiger partial charge in [-0.3, -0.25) is 4.70 Å². The second kappa shape index (κ2) is 19.9. The van der Waals surface area contributed by atoms with E-state index in [1.165, 1.54) is 0 Å². The molecule has 1 aromatic carbocycles. The molecule has 144 valence electrons. The molecule has 0 saturated heterocycles. The molecule has 0 aliphatic heterocycles. The van der Waals surface area contributed by atoms with E-state index in [-0.39, 0.29) is 74.5 Å². The Hall–Kier alpha value is 0.621. The van der Waals surface area contributed by atoms with Crippen LogP contribution < -0.4 is 51.4 Å². The SMILES string of the molecule is Br.F.F[B-](F)(F)F.F[B-](F)(F)F.F[B-](F)(F)F.[H-].[K+].c1ccccc1. The van der Waals surface area contributed by atoms with Gasteiger partial charge >= 0.3 is 73.1 Å². The summed E-state index contributed by atoms with van der Waals surface area (Å²) in [5.41, 5.74) is 0. The Balaban J connectivity index is -0.0000000330. The van der Waals surface area contributed by atoms with Gasteiger partial charge < -0.3 is 53.2 Å². The van der Waals surface area contributed by atoms with Crippen LogP contribution in [0.1, 0.15) is 1.43 Å². The molecule has 0 unspecified atom stereocenters. The molecule has 0 aliphatic rings. The van der Waals surface area contributed by atoms with E-state index in [0.717, 1.165) is 0 Å². The monoisotopic (exact) mass is 479 g/mol. The summed E-state index contributed by atoms with van der Waals surface area (Å²) in [6.07, 6.45) is 0. The molecule has 1 aromatic rings. The summed E-state index contributed by atoms with van der Waals surface area (Å²) >= 11 is 0. The number of rotatable bonds is 0. The second-order valence-electron chi connectivity index (χ2n) is 2.64. The molecule has 0 nitrogen and oxygen atoms in total. The third-order valence-electron chi connectivity index (χ3n) is 0.667. The van der Waals surface area contributed by atoms with Crippen molar-refractivity contribution in [3.63, 3.8) is 0 Å². The molecule has 18 heteroatoms. The first-order chi connectivity index (χ1) is 9.00. The summed E-state index contributed by atoms with van der Waals surface area (Å²) in [7, 11) is -18.0. The van der Waals surface area contributed by atoms with Crippen molar-refractivity contribution >= 4 is 38.7 Å². The number of halogens is 14. The van der Waals surface area contributed by atoms with E-state index in [2.05, 4.69) is 0 Å². The minimum Gasteiger partial charge on any atom is -1.00 e. The average Bonchev–Trinajstić information content (AvgIpc) is 2.12. The van der Waals surface area contributed by atoms with Crippen molar-refractivity contribution in [2.24, 2.45) is 0 Å². The second-order valence-corrected chi connectivity index (χ2v) is 2.64. The minimum atomic E-state index is -6.00. The van der Waals surface area contributed by atoms with Crippen LogP contribution in [-0.4, -0.2) is 21.8 Å². The first kappa shape index (κ1) is 39.6. The molecule has 0 radical (unpaired) electrons. The van der Waals surface area contributed by atoms with Crippen molar-refractivity contribution in [2.45, 2.75) is 0 Å². The first-order valence-corrected chi connectivity index (χ1v) is 4.62. The molecule has 0 spiro atoms. The Morgan fingerprint density at radius 1 is 0.417 bits per heavy atom. The molecule has 0 atom stereocenters. The maximum atomic E-state index is 9.75. The number of benzene rings is 1. The fraction of sp³-hybridized carbons (Fsp3) is 0. The van der Waals surface area contributed by atoms with Gasteiger partial charge in [-0.1, -0.05) is 36.4 Å². The zero-order valence-electron chi connectivity index (χ0n) is 12.5. The van der Waals surface area contributed by atoms with Gasteiger partial charge in [-0.25, -0.2) is 0 Å². The molecule has 0 N–H and O–H groups in total. The van der Waals surface area contributed by atoms with Gasteiger partial charge in [0.15, 0.2) is 0 Å². The van der Waals surface area contributed by atoms with E-state index in [0.29, 0.717) is 0 Å². The van der Waals surface area contributed by atoms with Crippen molar-refractivity contribution in [3.05, 3.63) is 36.4 Å². The fourth-order valence-corrected chi connectivity index (χ4v) is 0.385. The third-order valence-corrected chi connectivity index (χ3v) is 0.667. The van der Waals surface area contributed by atoms with Crippen molar-refractivity contribution in [1.29, 1.82) is 0 Å². The molecule has 0 aliphatic carbocycles. The van der Waals surface area contributed by atoms with Crippen LogP contribution in [0.25, 0.3) is 0 Å². The molecule has 24 heavy (non-hydrogen) atoms. The summed E-state index contributed by atoms with van der Waals surface area (Å²) < 4.78 is 117. The van der Waals surface area contributed by atoms with Crippen LogP contribution in [-0.2, 0) is 0 Å². The molecular formula is C6H9B3BrF13K-3. The van der Waals surface area contributed by atoms with Crippen LogP contribution in [0.5, 0.6) is 0 Å². The zero-order valence-corrected chi connectivity index (χ0v) is 16.4. The summed E-state index contributed by atoms with van der Waals surface area (Å²) in [6.45, 7) is 0. The van der Waals surface area contributed by atoms with Crippen molar-refractivity contribution in [2.75, 3.05) is 0 Å². The topological polar surface area (TPSA) is 0 Å². The Bertz CT molecular complexity index is 262. The third kappa shape index (κ3) is 241. The predicted octanol–water partition coefficient (Wildman–Crippen LogP) is 3.43. The summed E-state index contributed by atoms with van der Waals surface area (Å²) in [4.78, 5) is 0. The molecule has 0 heterocycles. The smallest absolute Gasteiger partial charge is 1.00 e. The number of hydrogen-bond acceptors (Lipinski definition) is 0. The standard InChI is InChI=1S/C6H6.3BF4.BrH.FH.K.H/c1-2-4-6-5-3-1;3*2-1(3,4)5;;;;/h1-6H;;;;2*1H;;/q;3*-1;;;+1;-1. The predicted molar refractivity (Wildman–Crippen MR) is 70.9 cm³/mol. The molecule has 0 amide bonds. The largest absolute Gasteiger partial charge is 1.00 e.